The Morgan fingerprint density at radius 2 is 2.13 bits per heavy atom. The Balaban J connectivity index is 3.05. The molecule has 1 aromatic rings. The Labute approximate surface area is 94.0 Å². The molecule has 0 aliphatic rings. The molecule has 5 heteroatoms. The molecule has 1 aromatic carbocycles. The Hall–Kier alpha value is -0.970. The molecule has 0 spiro atoms. The van der Waals surface area contributed by atoms with E-state index < -0.39 is 23.5 Å². The first-order valence-corrected chi connectivity index (χ1v) is 5.08. The van der Waals surface area contributed by atoms with Crippen LogP contribution in [-0.4, -0.2) is 11.1 Å². The van der Waals surface area contributed by atoms with Gasteiger partial charge in [-0.2, -0.15) is 0 Å². The van der Waals surface area contributed by atoms with Gasteiger partial charge in [-0.15, -0.1) is 0 Å². The van der Waals surface area contributed by atoms with Gasteiger partial charge in [0.1, 0.15) is 11.6 Å². The summed E-state index contributed by atoms with van der Waals surface area (Å²) in [6.07, 6.45) is -0.186. The number of rotatable bonds is 3. The number of halogens is 3. The standard InChI is InChI=1S/C10H9BrF2O2/c1-5(4-8(14)15)6-2-3-7(12)9(11)10(6)13/h2-3,5H,4H2,1H3,(H,14,15). The van der Waals surface area contributed by atoms with Crippen LogP contribution in [0.5, 0.6) is 0 Å². The number of carboxylic acid groups (broad SMARTS) is 1. The molecule has 1 N–H and O–H groups in total. The summed E-state index contributed by atoms with van der Waals surface area (Å²) >= 11 is 2.77. The predicted molar refractivity (Wildman–Crippen MR) is 54.7 cm³/mol. The van der Waals surface area contributed by atoms with E-state index >= 15 is 0 Å². The fourth-order valence-electron chi connectivity index (χ4n) is 1.29. The summed E-state index contributed by atoms with van der Waals surface area (Å²) in [5.41, 5.74) is 0.200. The molecule has 0 amide bonds. The molecule has 0 heterocycles. The highest BCUT2D eigenvalue weighted by Crippen LogP contribution is 2.28. The van der Waals surface area contributed by atoms with Gasteiger partial charge in [0.05, 0.1) is 10.9 Å². The summed E-state index contributed by atoms with van der Waals surface area (Å²) in [6, 6.07) is 2.38. The van der Waals surface area contributed by atoms with Gasteiger partial charge >= 0.3 is 5.97 Å². The quantitative estimate of drug-likeness (QED) is 0.862. The van der Waals surface area contributed by atoms with Gasteiger partial charge in [0.25, 0.3) is 0 Å². The van der Waals surface area contributed by atoms with E-state index in [0.717, 1.165) is 6.07 Å². The first-order valence-electron chi connectivity index (χ1n) is 4.28. The maximum Gasteiger partial charge on any atom is 0.303 e. The SMILES string of the molecule is CC(CC(=O)O)c1ccc(F)c(Br)c1F. The summed E-state index contributed by atoms with van der Waals surface area (Å²) in [5.74, 6) is -2.93. The normalized spacial score (nSPS) is 12.5. The molecule has 1 rings (SSSR count). The molecular formula is C10H9BrF2O2. The van der Waals surface area contributed by atoms with Crippen molar-refractivity contribution < 1.29 is 18.7 Å². The molecule has 2 nitrogen and oxygen atoms in total. The van der Waals surface area contributed by atoms with E-state index in [0.29, 0.717) is 0 Å². The summed E-state index contributed by atoms with van der Waals surface area (Å²) in [4.78, 5) is 10.4. The number of hydrogen-bond donors (Lipinski definition) is 1. The molecule has 0 fully saturated rings. The van der Waals surface area contributed by atoms with Gasteiger partial charge in [-0.25, -0.2) is 8.78 Å². The highest BCUT2D eigenvalue weighted by molar-refractivity contribution is 9.10. The van der Waals surface area contributed by atoms with Crippen molar-refractivity contribution in [1.29, 1.82) is 0 Å². The van der Waals surface area contributed by atoms with Crippen molar-refractivity contribution in [1.82, 2.24) is 0 Å². The van der Waals surface area contributed by atoms with Gasteiger partial charge in [0, 0.05) is 0 Å². The summed E-state index contributed by atoms with van der Waals surface area (Å²) < 4.78 is 26.1. The number of carboxylic acids is 1. The maximum absolute atomic E-state index is 13.5. The minimum Gasteiger partial charge on any atom is -0.481 e. The molecule has 0 saturated heterocycles. The van der Waals surface area contributed by atoms with Crippen LogP contribution in [0, 0.1) is 11.6 Å². The molecule has 0 saturated carbocycles. The van der Waals surface area contributed by atoms with Gasteiger partial charge in [0.2, 0.25) is 0 Å². The van der Waals surface area contributed by atoms with Gasteiger partial charge in [-0.05, 0) is 33.5 Å². The van der Waals surface area contributed by atoms with E-state index in [1.54, 1.807) is 6.92 Å². The molecule has 0 aliphatic heterocycles. The summed E-state index contributed by atoms with van der Waals surface area (Å²) in [6.45, 7) is 1.58. The fourth-order valence-corrected chi connectivity index (χ4v) is 1.65. The van der Waals surface area contributed by atoms with Crippen molar-refractivity contribution in [3.05, 3.63) is 33.8 Å². The van der Waals surface area contributed by atoms with E-state index in [9.17, 15) is 13.6 Å². The zero-order chi connectivity index (χ0) is 11.6. The third-order valence-corrected chi connectivity index (χ3v) is 2.80. The lowest BCUT2D eigenvalue weighted by Gasteiger charge is -2.11. The van der Waals surface area contributed by atoms with E-state index in [1.165, 1.54) is 6.07 Å². The van der Waals surface area contributed by atoms with Crippen LogP contribution in [0.15, 0.2) is 16.6 Å². The molecule has 0 bridgehead atoms. The monoisotopic (exact) mass is 278 g/mol. The third kappa shape index (κ3) is 2.75. The molecule has 0 radical (unpaired) electrons. The zero-order valence-electron chi connectivity index (χ0n) is 7.93. The second kappa shape index (κ2) is 4.70. The molecule has 0 aromatic heterocycles. The van der Waals surface area contributed by atoms with Gasteiger partial charge in [-0.1, -0.05) is 13.0 Å². The van der Waals surface area contributed by atoms with Crippen molar-refractivity contribution in [3.8, 4) is 0 Å². The van der Waals surface area contributed by atoms with Gasteiger partial charge in [0.15, 0.2) is 0 Å². The third-order valence-electron chi connectivity index (χ3n) is 2.08. The number of hydrogen-bond acceptors (Lipinski definition) is 1. The Morgan fingerprint density at radius 3 is 2.67 bits per heavy atom. The highest BCUT2D eigenvalue weighted by atomic mass is 79.9. The molecular weight excluding hydrogens is 270 g/mol. The van der Waals surface area contributed by atoms with Crippen molar-refractivity contribution in [2.45, 2.75) is 19.3 Å². The molecule has 1 atom stereocenters. The first-order chi connectivity index (χ1) is 6.93. The fraction of sp³-hybridized carbons (Fsp3) is 0.300. The Morgan fingerprint density at radius 1 is 1.53 bits per heavy atom. The maximum atomic E-state index is 13.5. The van der Waals surface area contributed by atoms with Crippen LogP contribution in [0.4, 0.5) is 8.78 Å². The lowest BCUT2D eigenvalue weighted by Crippen LogP contribution is -2.05. The van der Waals surface area contributed by atoms with Gasteiger partial charge in [-0.3, -0.25) is 4.79 Å². The number of benzene rings is 1. The van der Waals surface area contributed by atoms with Crippen LogP contribution in [0.2, 0.25) is 0 Å². The molecule has 15 heavy (non-hydrogen) atoms. The predicted octanol–water partition coefficient (Wildman–Crippen LogP) is 3.31. The van der Waals surface area contributed by atoms with Crippen molar-refractivity contribution in [3.63, 3.8) is 0 Å². The Bertz CT molecular complexity index is 393. The van der Waals surface area contributed by atoms with Crippen LogP contribution in [0.3, 0.4) is 0 Å². The topological polar surface area (TPSA) is 37.3 Å². The molecule has 1 unspecified atom stereocenters. The lowest BCUT2D eigenvalue weighted by molar-refractivity contribution is -0.137. The van der Waals surface area contributed by atoms with E-state index in [-0.39, 0.29) is 16.5 Å². The van der Waals surface area contributed by atoms with E-state index in [2.05, 4.69) is 15.9 Å². The average molecular weight is 279 g/mol. The molecule has 0 aliphatic carbocycles. The first kappa shape index (κ1) is 12.1. The number of aliphatic carboxylic acids is 1. The van der Waals surface area contributed by atoms with Crippen LogP contribution >= 0.6 is 15.9 Å². The van der Waals surface area contributed by atoms with Crippen molar-refractivity contribution in [2.75, 3.05) is 0 Å². The molecule has 82 valence electrons. The van der Waals surface area contributed by atoms with Crippen LogP contribution < -0.4 is 0 Å². The minimum absolute atomic E-state index is 0.186. The van der Waals surface area contributed by atoms with Crippen LogP contribution in [-0.2, 0) is 4.79 Å². The summed E-state index contributed by atoms with van der Waals surface area (Å²) in [5, 5.41) is 8.55. The average Bonchev–Trinajstić information content (AvgIpc) is 2.13. The van der Waals surface area contributed by atoms with Crippen molar-refractivity contribution >= 4 is 21.9 Å². The second-order valence-corrected chi connectivity index (χ2v) is 4.06. The Kier molecular flexibility index (Phi) is 3.79. The lowest BCUT2D eigenvalue weighted by atomic mass is 9.97. The minimum atomic E-state index is -1.01. The van der Waals surface area contributed by atoms with Crippen LogP contribution in [0.25, 0.3) is 0 Å². The smallest absolute Gasteiger partial charge is 0.303 e. The number of carbonyl (C=O) groups is 1. The van der Waals surface area contributed by atoms with Crippen LogP contribution in [0.1, 0.15) is 24.8 Å². The van der Waals surface area contributed by atoms with E-state index in [4.69, 9.17) is 5.11 Å². The van der Waals surface area contributed by atoms with Crippen molar-refractivity contribution in [2.24, 2.45) is 0 Å². The van der Waals surface area contributed by atoms with Gasteiger partial charge < -0.3 is 5.11 Å². The second-order valence-electron chi connectivity index (χ2n) is 3.26. The zero-order valence-corrected chi connectivity index (χ0v) is 9.51. The largest absolute Gasteiger partial charge is 0.481 e. The highest BCUT2D eigenvalue weighted by Gasteiger charge is 2.18. The van der Waals surface area contributed by atoms with E-state index in [1.807, 2.05) is 0 Å². The summed E-state index contributed by atoms with van der Waals surface area (Å²) in [7, 11) is 0.